The smallest absolute Gasteiger partial charge is 0.340 e. The second-order valence-electron chi connectivity index (χ2n) is 5.78. The molecule has 0 aromatic carbocycles. The Bertz CT molecular complexity index is 448. The van der Waals surface area contributed by atoms with Crippen molar-refractivity contribution in [2.75, 3.05) is 30.8 Å². The van der Waals surface area contributed by atoms with Crippen LogP contribution < -0.4 is 10.6 Å². The predicted molar refractivity (Wildman–Crippen MR) is 81.9 cm³/mol. The van der Waals surface area contributed by atoms with Crippen molar-refractivity contribution in [1.82, 2.24) is 4.98 Å². The number of nitrogens with two attached hydrogens (primary N) is 1. The maximum absolute atomic E-state index is 11.7. The molecule has 5 heteroatoms. The van der Waals surface area contributed by atoms with Crippen molar-refractivity contribution >= 4 is 17.5 Å². The molecule has 0 saturated carbocycles. The van der Waals surface area contributed by atoms with Crippen molar-refractivity contribution < 1.29 is 9.53 Å². The topological polar surface area (TPSA) is 68.5 Å². The van der Waals surface area contributed by atoms with E-state index in [0.717, 1.165) is 13.1 Å². The number of aromatic nitrogens is 1. The van der Waals surface area contributed by atoms with Gasteiger partial charge in [-0.15, -0.1) is 0 Å². The second-order valence-corrected chi connectivity index (χ2v) is 5.78. The number of hydrogen-bond acceptors (Lipinski definition) is 5. The second kappa shape index (κ2) is 7.12. The third-order valence-corrected chi connectivity index (χ3v) is 2.85. The summed E-state index contributed by atoms with van der Waals surface area (Å²) >= 11 is 0. The van der Waals surface area contributed by atoms with Gasteiger partial charge in [-0.25, -0.2) is 9.78 Å². The van der Waals surface area contributed by atoms with Crippen molar-refractivity contribution in [2.45, 2.75) is 27.7 Å². The van der Waals surface area contributed by atoms with E-state index in [1.165, 1.54) is 7.11 Å². The van der Waals surface area contributed by atoms with E-state index in [1.807, 2.05) is 0 Å². The maximum Gasteiger partial charge on any atom is 0.340 e. The lowest BCUT2D eigenvalue weighted by Crippen LogP contribution is -2.33. The Kier molecular flexibility index (Phi) is 5.80. The summed E-state index contributed by atoms with van der Waals surface area (Å²) in [5.74, 6) is 1.20. The van der Waals surface area contributed by atoms with E-state index in [1.54, 1.807) is 12.3 Å². The molecule has 20 heavy (non-hydrogen) atoms. The molecule has 2 N–H and O–H groups in total. The van der Waals surface area contributed by atoms with Crippen molar-refractivity contribution in [3.63, 3.8) is 0 Å². The molecule has 0 spiro atoms. The Labute approximate surface area is 121 Å². The van der Waals surface area contributed by atoms with Gasteiger partial charge in [0.2, 0.25) is 0 Å². The van der Waals surface area contributed by atoms with Gasteiger partial charge in [-0.2, -0.15) is 0 Å². The van der Waals surface area contributed by atoms with Crippen LogP contribution in [0.4, 0.5) is 11.5 Å². The molecule has 0 saturated heterocycles. The average molecular weight is 279 g/mol. The van der Waals surface area contributed by atoms with Gasteiger partial charge in [-0.3, -0.25) is 0 Å². The predicted octanol–water partition coefficient (Wildman–Crippen LogP) is 2.57. The largest absolute Gasteiger partial charge is 0.465 e. The van der Waals surface area contributed by atoms with Crippen molar-refractivity contribution in [2.24, 2.45) is 11.8 Å². The van der Waals surface area contributed by atoms with Crippen LogP contribution in [0.2, 0.25) is 0 Å². The van der Waals surface area contributed by atoms with Crippen LogP contribution in [-0.4, -0.2) is 31.2 Å². The molecule has 0 amide bonds. The van der Waals surface area contributed by atoms with Crippen molar-refractivity contribution in [3.8, 4) is 0 Å². The molecule has 0 aliphatic heterocycles. The number of anilines is 2. The van der Waals surface area contributed by atoms with E-state index in [4.69, 9.17) is 10.5 Å². The summed E-state index contributed by atoms with van der Waals surface area (Å²) in [6, 6.07) is 1.59. The minimum Gasteiger partial charge on any atom is -0.465 e. The maximum atomic E-state index is 11.7. The molecule has 0 unspecified atom stereocenters. The fourth-order valence-electron chi connectivity index (χ4n) is 2.13. The first-order chi connectivity index (χ1) is 9.36. The summed E-state index contributed by atoms with van der Waals surface area (Å²) in [4.78, 5) is 18.2. The molecule has 1 aromatic heterocycles. The highest BCUT2D eigenvalue weighted by Gasteiger charge is 2.19. The normalized spacial score (nSPS) is 10.9. The number of pyridine rings is 1. The zero-order chi connectivity index (χ0) is 15.3. The summed E-state index contributed by atoms with van der Waals surface area (Å²) in [6.45, 7) is 10.3. The van der Waals surface area contributed by atoms with Gasteiger partial charge >= 0.3 is 5.97 Å². The van der Waals surface area contributed by atoms with Crippen LogP contribution in [0, 0.1) is 11.8 Å². The lowest BCUT2D eigenvalue weighted by atomic mass is 10.1. The highest BCUT2D eigenvalue weighted by Crippen LogP contribution is 2.26. The highest BCUT2D eigenvalue weighted by molar-refractivity contribution is 5.97. The van der Waals surface area contributed by atoms with Crippen LogP contribution in [0.15, 0.2) is 12.3 Å². The standard InChI is InChI=1S/C15H25N3O2/c1-10(2)8-18(9-11(3)4)14-13(16)12(6-7-17-14)15(19)20-5/h6-7,10-11H,8-9,16H2,1-5H3. The molecule has 112 valence electrons. The van der Waals surface area contributed by atoms with Crippen LogP contribution in [0.1, 0.15) is 38.1 Å². The lowest BCUT2D eigenvalue weighted by molar-refractivity contribution is 0.0602. The summed E-state index contributed by atoms with van der Waals surface area (Å²) in [5, 5.41) is 0. The molecule has 1 aromatic rings. The van der Waals surface area contributed by atoms with Crippen molar-refractivity contribution in [3.05, 3.63) is 17.8 Å². The number of ether oxygens (including phenoxy) is 1. The first kappa shape index (κ1) is 16.3. The summed E-state index contributed by atoms with van der Waals surface area (Å²) in [6.07, 6.45) is 1.60. The SMILES string of the molecule is COC(=O)c1ccnc(N(CC(C)C)CC(C)C)c1N. The number of nitrogens with zero attached hydrogens (tertiary/aromatic N) is 2. The zero-order valence-corrected chi connectivity index (χ0v) is 13.0. The molecular formula is C15H25N3O2. The van der Waals surface area contributed by atoms with E-state index in [-0.39, 0.29) is 0 Å². The molecule has 0 atom stereocenters. The minimum atomic E-state index is -0.430. The molecule has 1 heterocycles. The Hall–Kier alpha value is -1.78. The summed E-state index contributed by atoms with van der Waals surface area (Å²) in [5.41, 5.74) is 6.87. The Morgan fingerprint density at radius 2 is 1.85 bits per heavy atom. The number of carbonyl (C=O) groups excluding carboxylic acids is 1. The van der Waals surface area contributed by atoms with Gasteiger partial charge in [-0.05, 0) is 17.9 Å². The molecule has 0 radical (unpaired) electrons. The molecule has 0 fully saturated rings. The van der Waals surface area contributed by atoms with Gasteiger partial charge in [0, 0.05) is 19.3 Å². The van der Waals surface area contributed by atoms with Gasteiger partial charge in [0.05, 0.1) is 18.4 Å². The van der Waals surface area contributed by atoms with Crippen LogP contribution in [-0.2, 0) is 4.74 Å². The van der Waals surface area contributed by atoms with Crippen molar-refractivity contribution in [1.29, 1.82) is 0 Å². The third-order valence-electron chi connectivity index (χ3n) is 2.85. The molecule has 0 aliphatic carbocycles. The van der Waals surface area contributed by atoms with Gasteiger partial charge in [0.1, 0.15) is 0 Å². The Morgan fingerprint density at radius 1 is 1.30 bits per heavy atom. The summed E-state index contributed by atoms with van der Waals surface area (Å²) in [7, 11) is 1.35. The van der Waals surface area contributed by atoms with Gasteiger partial charge < -0.3 is 15.4 Å². The third kappa shape index (κ3) is 4.11. The molecule has 5 nitrogen and oxygen atoms in total. The number of methoxy groups -OCH3 is 1. The number of rotatable bonds is 6. The van der Waals surface area contributed by atoms with Crippen LogP contribution in [0.25, 0.3) is 0 Å². The Balaban J connectivity index is 3.15. The van der Waals surface area contributed by atoms with E-state index in [9.17, 15) is 4.79 Å². The summed E-state index contributed by atoms with van der Waals surface area (Å²) < 4.78 is 4.75. The molecular weight excluding hydrogens is 254 g/mol. The van der Waals surface area contributed by atoms with Crippen LogP contribution >= 0.6 is 0 Å². The first-order valence-electron chi connectivity index (χ1n) is 6.94. The zero-order valence-electron chi connectivity index (χ0n) is 13.0. The quantitative estimate of drug-likeness (QED) is 0.811. The lowest BCUT2D eigenvalue weighted by Gasteiger charge is -2.28. The van der Waals surface area contributed by atoms with E-state index >= 15 is 0 Å². The number of esters is 1. The van der Waals surface area contributed by atoms with Gasteiger partial charge in [0.15, 0.2) is 5.82 Å². The van der Waals surface area contributed by atoms with E-state index in [0.29, 0.717) is 28.9 Å². The molecule has 0 bridgehead atoms. The average Bonchev–Trinajstić information content (AvgIpc) is 2.36. The number of hydrogen-bond donors (Lipinski definition) is 1. The monoisotopic (exact) mass is 279 g/mol. The first-order valence-corrected chi connectivity index (χ1v) is 6.94. The van der Waals surface area contributed by atoms with Gasteiger partial charge in [0.25, 0.3) is 0 Å². The number of carbonyl (C=O) groups is 1. The minimum absolute atomic E-state index is 0.370. The van der Waals surface area contributed by atoms with Gasteiger partial charge in [-0.1, -0.05) is 27.7 Å². The van der Waals surface area contributed by atoms with Crippen LogP contribution in [0.3, 0.4) is 0 Å². The highest BCUT2D eigenvalue weighted by atomic mass is 16.5. The van der Waals surface area contributed by atoms with E-state index in [2.05, 4.69) is 37.6 Å². The number of nitrogen functional groups attached to an aromatic ring is 1. The fraction of sp³-hybridized carbons (Fsp3) is 0.600. The fourth-order valence-corrected chi connectivity index (χ4v) is 2.13. The molecule has 1 rings (SSSR count). The van der Waals surface area contributed by atoms with Crippen LogP contribution in [0.5, 0.6) is 0 Å². The molecule has 0 aliphatic rings. The Morgan fingerprint density at radius 3 is 2.30 bits per heavy atom. The van der Waals surface area contributed by atoms with E-state index < -0.39 is 5.97 Å².